The first kappa shape index (κ1) is 12.4. The maximum Gasteiger partial charge on any atom is 0.328 e. The SMILES string of the molecule is CC(Nc1nccc(C#N)c1[N+](=O)[O-])C(=O)O. The van der Waals surface area contributed by atoms with Gasteiger partial charge in [-0.05, 0) is 13.0 Å². The van der Waals surface area contributed by atoms with Crippen LogP contribution in [-0.4, -0.2) is 27.0 Å². The minimum absolute atomic E-state index is 0.176. The number of carboxylic acids is 1. The van der Waals surface area contributed by atoms with E-state index in [-0.39, 0.29) is 11.4 Å². The number of nitrogens with one attached hydrogen (secondary N) is 1. The Morgan fingerprint density at radius 3 is 2.88 bits per heavy atom. The van der Waals surface area contributed by atoms with Gasteiger partial charge in [-0.15, -0.1) is 0 Å². The summed E-state index contributed by atoms with van der Waals surface area (Å²) < 4.78 is 0. The van der Waals surface area contributed by atoms with Crippen molar-refractivity contribution in [3.05, 3.63) is 27.9 Å². The molecule has 0 aliphatic carbocycles. The van der Waals surface area contributed by atoms with Gasteiger partial charge in [-0.2, -0.15) is 5.26 Å². The molecule has 0 bridgehead atoms. The van der Waals surface area contributed by atoms with Gasteiger partial charge in [0.25, 0.3) is 0 Å². The van der Waals surface area contributed by atoms with Crippen LogP contribution in [0.4, 0.5) is 11.5 Å². The van der Waals surface area contributed by atoms with Crippen LogP contribution in [0, 0.1) is 21.4 Å². The van der Waals surface area contributed by atoms with E-state index in [2.05, 4.69) is 10.3 Å². The summed E-state index contributed by atoms with van der Waals surface area (Å²) in [5, 5.41) is 30.5. The van der Waals surface area contributed by atoms with E-state index in [4.69, 9.17) is 10.4 Å². The molecule has 0 aromatic carbocycles. The molecule has 1 atom stereocenters. The Balaban J connectivity index is 3.20. The monoisotopic (exact) mass is 236 g/mol. The largest absolute Gasteiger partial charge is 0.480 e. The van der Waals surface area contributed by atoms with Crippen LogP contribution in [0.1, 0.15) is 12.5 Å². The fourth-order valence-corrected chi connectivity index (χ4v) is 1.10. The lowest BCUT2D eigenvalue weighted by atomic mass is 10.2. The summed E-state index contributed by atoms with van der Waals surface area (Å²) in [6.07, 6.45) is 1.20. The van der Waals surface area contributed by atoms with Crippen LogP contribution in [0.15, 0.2) is 12.3 Å². The second kappa shape index (κ2) is 4.89. The summed E-state index contributed by atoms with van der Waals surface area (Å²) in [4.78, 5) is 24.3. The quantitative estimate of drug-likeness (QED) is 0.582. The predicted octanol–water partition coefficient (Wildman–Crippen LogP) is 0.746. The third kappa shape index (κ3) is 2.66. The molecule has 0 aliphatic heterocycles. The Hall–Kier alpha value is -2.69. The molecule has 1 unspecified atom stereocenters. The highest BCUT2D eigenvalue weighted by atomic mass is 16.6. The van der Waals surface area contributed by atoms with E-state index in [1.165, 1.54) is 19.2 Å². The van der Waals surface area contributed by atoms with E-state index in [0.29, 0.717) is 0 Å². The van der Waals surface area contributed by atoms with Crippen molar-refractivity contribution in [1.29, 1.82) is 5.26 Å². The zero-order valence-corrected chi connectivity index (χ0v) is 8.75. The van der Waals surface area contributed by atoms with Gasteiger partial charge >= 0.3 is 11.7 Å². The normalized spacial score (nSPS) is 11.3. The third-order valence-electron chi connectivity index (χ3n) is 1.95. The second-order valence-electron chi connectivity index (χ2n) is 3.13. The molecule has 1 rings (SSSR count). The number of nitriles is 1. The van der Waals surface area contributed by atoms with Crippen molar-refractivity contribution < 1.29 is 14.8 Å². The summed E-state index contributed by atoms with van der Waals surface area (Å²) in [5.74, 6) is -1.41. The topological polar surface area (TPSA) is 129 Å². The van der Waals surface area contributed by atoms with E-state index in [1.807, 2.05) is 0 Å². The molecule has 1 aromatic rings. The van der Waals surface area contributed by atoms with Crippen LogP contribution in [0.2, 0.25) is 0 Å². The highest BCUT2D eigenvalue weighted by Crippen LogP contribution is 2.25. The maximum absolute atomic E-state index is 10.8. The van der Waals surface area contributed by atoms with Gasteiger partial charge in [0.2, 0.25) is 5.82 Å². The van der Waals surface area contributed by atoms with Crippen molar-refractivity contribution in [2.75, 3.05) is 5.32 Å². The first-order valence-electron chi connectivity index (χ1n) is 4.50. The molecule has 8 nitrogen and oxygen atoms in total. The van der Waals surface area contributed by atoms with Crippen LogP contribution >= 0.6 is 0 Å². The molecule has 0 saturated carbocycles. The number of anilines is 1. The number of hydrogen-bond acceptors (Lipinski definition) is 6. The van der Waals surface area contributed by atoms with E-state index >= 15 is 0 Å². The maximum atomic E-state index is 10.8. The zero-order valence-electron chi connectivity index (χ0n) is 8.75. The zero-order chi connectivity index (χ0) is 13.0. The van der Waals surface area contributed by atoms with Gasteiger partial charge in [0.1, 0.15) is 17.7 Å². The molecule has 0 aliphatic rings. The molecule has 88 valence electrons. The molecular formula is C9H8N4O4. The Labute approximate surface area is 95.7 Å². The van der Waals surface area contributed by atoms with Crippen molar-refractivity contribution in [2.45, 2.75) is 13.0 Å². The summed E-state index contributed by atoms with van der Waals surface area (Å²) >= 11 is 0. The number of aromatic nitrogens is 1. The van der Waals surface area contributed by atoms with Crippen LogP contribution < -0.4 is 5.32 Å². The standard InChI is InChI=1S/C9H8N4O4/c1-5(9(14)15)12-8-7(13(16)17)6(4-10)2-3-11-8/h2-3,5H,1H3,(H,11,12)(H,14,15). The molecule has 2 N–H and O–H groups in total. The molecule has 17 heavy (non-hydrogen) atoms. The number of nitrogens with zero attached hydrogens (tertiary/aromatic N) is 3. The Morgan fingerprint density at radius 1 is 1.76 bits per heavy atom. The summed E-state index contributed by atoms with van der Waals surface area (Å²) in [5.41, 5.74) is -0.701. The van der Waals surface area contributed by atoms with E-state index in [9.17, 15) is 14.9 Å². The van der Waals surface area contributed by atoms with Crippen molar-refractivity contribution in [2.24, 2.45) is 0 Å². The Morgan fingerprint density at radius 2 is 2.41 bits per heavy atom. The van der Waals surface area contributed by atoms with Crippen molar-refractivity contribution in [3.8, 4) is 6.07 Å². The number of pyridine rings is 1. The van der Waals surface area contributed by atoms with Gasteiger partial charge in [0.05, 0.1) is 4.92 Å². The molecule has 0 fully saturated rings. The number of nitro groups is 1. The fourth-order valence-electron chi connectivity index (χ4n) is 1.10. The number of hydrogen-bond donors (Lipinski definition) is 2. The first-order valence-corrected chi connectivity index (χ1v) is 4.50. The van der Waals surface area contributed by atoms with Gasteiger partial charge in [0, 0.05) is 6.20 Å². The summed E-state index contributed by atoms with van der Waals surface area (Å²) in [6, 6.07) is 1.79. The van der Waals surface area contributed by atoms with Crippen LogP contribution in [-0.2, 0) is 4.79 Å². The summed E-state index contributed by atoms with van der Waals surface area (Å²) in [7, 11) is 0. The van der Waals surface area contributed by atoms with Crippen LogP contribution in [0.3, 0.4) is 0 Å². The molecule has 1 heterocycles. The molecule has 1 aromatic heterocycles. The van der Waals surface area contributed by atoms with Crippen molar-refractivity contribution >= 4 is 17.5 Å². The van der Waals surface area contributed by atoms with Gasteiger partial charge in [-0.3, -0.25) is 14.9 Å². The molecule has 0 spiro atoms. The number of rotatable bonds is 4. The summed E-state index contributed by atoms with van der Waals surface area (Å²) in [6.45, 7) is 1.31. The van der Waals surface area contributed by atoms with E-state index in [0.717, 1.165) is 0 Å². The molecule has 0 saturated heterocycles. The average molecular weight is 236 g/mol. The Kier molecular flexibility index (Phi) is 3.56. The van der Waals surface area contributed by atoms with Crippen LogP contribution in [0.5, 0.6) is 0 Å². The number of aliphatic carboxylic acids is 1. The van der Waals surface area contributed by atoms with Gasteiger partial charge in [-0.25, -0.2) is 4.98 Å². The first-order chi connectivity index (χ1) is 7.97. The van der Waals surface area contributed by atoms with E-state index in [1.54, 1.807) is 6.07 Å². The second-order valence-corrected chi connectivity index (χ2v) is 3.13. The predicted molar refractivity (Wildman–Crippen MR) is 56.3 cm³/mol. The highest BCUT2D eigenvalue weighted by molar-refractivity contribution is 5.78. The lowest BCUT2D eigenvalue weighted by Gasteiger charge is -2.09. The van der Waals surface area contributed by atoms with E-state index < -0.39 is 22.6 Å². The van der Waals surface area contributed by atoms with Gasteiger partial charge in [0.15, 0.2) is 0 Å². The molecular weight excluding hydrogens is 228 g/mol. The van der Waals surface area contributed by atoms with Crippen molar-refractivity contribution in [1.82, 2.24) is 4.98 Å². The molecule has 8 heteroatoms. The Bertz CT molecular complexity index is 508. The highest BCUT2D eigenvalue weighted by Gasteiger charge is 2.23. The number of carbonyl (C=O) groups is 1. The third-order valence-corrected chi connectivity index (χ3v) is 1.95. The van der Waals surface area contributed by atoms with Gasteiger partial charge < -0.3 is 10.4 Å². The average Bonchev–Trinajstić information content (AvgIpc) is 2.27. The fraction of sp³-hybridized carbons (Fsp3) is 0.222. The minimum atomic E-state index is -1.18. The lowest BCUT2D eigenvalue weighted by Crippen LogP contribution is -2.26. The van der Waals surface area contributed by atoms with Crippen LogP contribution in [0.25, 0.3) is 0 Å². The lowest BCUT2D eigenvalue weighted by molar-refractivity contribution is -0.384. The van der Waals surface area contributed by atoms with Crippen molar-refractivity contribution in [3.63, 3.8) is 0 Å². The molecule has 0 radical (unpaired) electrons. The number of carboxylic acid groups (broad SMARTS) is 1. The minimum Gasteiger partial charge on any atom is -0.480 e. The smallest absolute Gasteiger partial charge is 0.328 e. The molecule has 0 amide bonds. The van der Waals surface area contributed by atoms with Gasteiger partial charge in [-0.1, -0.05) is 0 Å².